The Kier molecular flexibility index (Phi) is 4.68. The zero-order valence-corrected chi connectivity index (χ0v) is 11.4. The normalized spacial score (nSPS) is 10.6. The number of amides is 2. The number of hydrogen-bond donors (Lipinski definition) is 3. The zero-order chi connectivity index (χ0) is 15.3. The largest absolute Gasteiger partial charge is 0.478 e. The van der Waals surface area contributed by atoms with Crippen molar-refractivity contribution in [1.82, 2.24) is 10.9 Å². The van der Waals surface area contributed by atoms with Gasteiger partial charge >= 0.3 is 12.1 Å². The van der Waals surface area contributed by atoms with Gasteiger partial charge in [0.05, 0.1) is 5.56 Å². The highest BCUT2D eigenvalue weighted by atomic mass is 16.6. The van der Waals surface area contributed by atoms with Gasteiger partial charge in [-0.25, -0.2) is 15.0 Å². The van der Waals surface area contributed by atoms with Crippen LogP contribution in [-0.4, -0.2) is 28.7 Å². The Morgan fingerprint density at radius 2 is 1.50 bits per heavy atom. The molecular formula is C13H16N2O5. The van der Waals surface area contributed by atoms with Crippen LogP contribution >= 0.6 is 0 Å². The highest BCUT2D eigenvalue weighted by Crippen LogP contribution is 2.06. The molecule has 0 saturated carbocycles. The second-order valence-corrected chi connectivity index (χ2v) is 4.96. The lowest BCUT2D eigenvalue weighted by Gasteiger charge is -2.19. The van der Waals surface area contributed by atoms with Gasteiger partial charge in [-0.05, 0) is 45.0 Å². The average Bonchev–Trinajstić information content (AvgIpc) is 2.34. The lowest BCUT2D eigenvalue weighted by Crippen LogP contribution is -2.44. The van der Waals surface area contributed by atoms with E-state index in [2.05, 4.69) is 10.9 Å². The van der Waals surface area contributed by atoms with E-state index in [-0.39, 0.29) is 11.1 Å². The molecule has 0 aliphatic carbocycles. The molecule has 0 fully saturated rings. The Bertz CT molecular complexity index is 517. The molecule has 1 aromatic rings. The van der Waals surface area contributed by atoms with E-state index >= 15 is 0 Å². The number of carboxylic acids is 1. The lowest BCUT2D eigenvalue weighted by atomic mass is 10.1. The summed E-state index contributed by atoms with van der Waals surface area (Å²) in [5.41, 5.74) is 3.87. The topological polar surface area (TPSA) is 105 Å². The monoisotopic (exact) mass is 280 g/mol. The van der Waals surface area contributed by atoms with E-state index in [9.17, 15) is 14.4 Å². The van der Waals surface area contributed by atoms with Crippen LogP contribution in [0.5, 0.6) is 0 Å². The molecule has 108 valence electrons. The van der Waals surface area contributed by atoms with Crippen molar-refractivity contribution in [1.29, 1.82) is 0 Å². The SMILES string of the molecule is CC(C)(C)OC(=O)NNC(=O)c1ccc(C(=O)O)cc1. The van der Waals surface area contributed by atoms with Crippen LogP contribution in [0.2, 0.25) is 0 Å². The molecule has 3 N–H and O–H groups in total. The molecule has 1 aromatic carbocycles. The fraction of sp³-hybridized carbons (Fsp3) is 0.308. The summed E-state index contributed by atoms with van der Waals surface area (Å²) in [6, 6.07) is 5.28. The van der Waals surface area contributed by atoms with E-state index in [0.717, 1.165) is 0 Å². The first-order chi connectivity index (χ1) is 9.19. The van der Waals surface area contributed by atoms with Gasteiger partial charge in [-0.15, -0.1) is 0 Å². The van der Waals surface area contributed by atoms with Crippen LogP contribution in [-0.2, 0) is 4.74 Å². The number of nitrogens with one attached hydrogen (secondary N) is 2. The summed E-state index contributed by atoms with van der Waals surface area (Å²) in [6.45, 7) is 5.08. The van der Waals surface area contributed by atoms with Gasteiger partial charge in [0.2, 0.25) is 0 Å². The minimum Gasteiger partial charge on any atom is -0.478 e. The molecule has 7 nitrogen and oxygen atoms in total. The van der Waals surface area contributed by atoms with Gasteiger partial charge in [0.1, 0.15) is 5.60 Å². The number of benzene rings is 1. The fourth-order valence-corrected chi connectivity index (χ4v) is 1.25. The van der Waals surface area contributed by atoms with E-state index in [1.165, 1.54) is 24.3 Å². The van der Waals surface area contributed by atoms with Crippen molar-refractivity contribution in [2.75, 3.05) is 0 Å². The maximum Gasteiger partial charge on any atom is 0.426 e. The summed E-state index contributed by atoms with van der Waals surface area (Å²) in [5.74, 6) is -1.66. The van der Waals surface area contributed by atoms with Crippen molar-refractivity contribution in [3.05, 3.63) is 35.4 Å². The molecule has 0 bridgehead atoms. The molecule has 0 saturated heterocycles. The Morgan fingerprint density at radius 3 is 1.95 bits per heavy atom. The van der Waals surface area contributed by atoms with Crippen molar-refractivity contribution in [3.63, 3.8) is 0 Å². The third-order valence-electron chi connectivity index (χ3n) is 2.07. The highest BCUT2D eigenvalue weighted by molar-refractivity contribution is 5.96. The fourth-order valence-electron chi connectivity index (χ4n) is 1.25. The minimum absolute atomic E-state index is 0.0710. The molecule has 0 spiro atoms. The summed E-state index contributed by atoms with van der Waals surface area (Å²) < 4.78 is 4.93. The molecule has 0 aliphatic heterocycles. The van der Waals surface area contributed by atoms with Crippen LogP contribution < -0.4 is 10.9 Å². The standard InChI is InChI=1S/C13H16N2O5/c1-13(2,3)20-12(19)15-14-10(16)8-4-6-9(7-5-8)11(17)18/h4-7H,1-3H3,(H,14,16)(H,15,19)(H,17,18). The minimum atomic E-state index is -1.08. The van der Waals surface area contributed by atoms with Gasteiger partial charge in [-0.2, -0.15) is 0 Å². The summed E-state index contributed by atoms with van der Waals surface area (Å²) in [7, 11) is 0. The van der Waals surface area contributed by atoms with E-state index in [0.29, 0.717) is 0 Å². The number of carboxylic acid groups (broad SMARTS) is 1. The Labute approximate surface area is 115 Å². The summed E-state index contributed by atoms with van der Waals surface area (Å²) in [4.78, 5) is 33.6. The number of carbonyl (C=O) groups excluding carboxylic acids is 2. The van der Waals surface area contributed by atoms with Gasteiger partial charge in [-0.1, -0.05) is 0 Å². The van der Waals surface area contributed by atoms with Crippen molar-refractivity contribution in [2.45, 2.75) is 26.4 Å². The molecule has 0 aliphatic rings. The maximum atomic E-state index is 11.7. The number of hydrazine groups is 1. The van der Waals surface area contributed by atoms with E-state index in [1.807, 2.05) is 0 Å². The van der Waals surface area contributed by atoms with Crippen LogP contribution in [0.4, 0.5) is 4.79 Å². The molecule has 0 heterocycles. The van der Waals surface area contributed by atoms with Gasteiger partial charge in [-0.3, -0.25) is 10.2 Å². The summed E-state index contributed by atoms with van der Waals surface area (Å²) in [5, 5.41) is 8.72. The number of carbonyl (C=O) groups is 3. The van der Waals surface area contributed by atoms with Crippen LogP contribution in [0, 0.1) is 0 Å². The zero-order valence-electron chi connectivity index (χ0n) is 11.4. The first kappa shape index (κ1) is 15.5. The van der Waals surface area contributed by atoms with E-state index < -0.39 is 23.6 Å². The lowest BCUT2D eigenvalue weighted by molar-refractivity contribution is 0.0483. The molecule has 0 radical (unpaired) electrons. The molecule has 20 heavy (non-hydrogen) atoms. The molecular weight excluding hydrogens is 264 g/mol. The first-order valence-corrected chi connectivity index (χ1v) is 5.82. The third-order valence-corrected chi connectivity index (χ3v) is 2.07. The number of ether oxygens (including phenoxy) is 1. The predicted molar refractivity (Wildman–Crippen MR) is 70.2 cm³/mol. The molecule has 0 aromatic heterocycles. The molecule has 1 rings (SSSR count). The van der Waals surface area contributed by atoms with E-state index in [4.69, 9.17) is 9.84 Å². The van der Waals surface area contributed by atoms with Gasteiger partial charge in [0.15, 0.2) is 0 Å². The second kappa shape index (κ2) is 6.05. The Morgan fingerprint density at radius 1 is 1.00 bits per heavy atom. The van der Waals surface area contributed by atoms with Gasteiger partial charge in [0.25, 0.3) is 5.91 Å². The van der Waals surface area contributed by atoms with Gasteiger partial charge < -0.3 is 9.84 Å². The van der Waals surface area contributed by atoms with Crippen molar-refractivity contribution in [3.8, 4) is 0 Å². The molecule has 0 atom stereocenters. The number of rotatable bonds is 2. The summed E-state index contributed by atoms with van der Waals surface area (Å²) >= 11 is 0. The average molecular weight is 280 g/mol. The van der Waals surface area contributed by atoms with Crippen LogP contribution in [0.25, 0.3) is 0 Å². The van der Waals surface area contributed by atoms with Crippen molar-refractivity contribution < 1.29 is 24.2 Å². The highest BCUT2D eigenvalue weighted by Gasteiger charge is 2.16. The smallest absolute Gasteiger partial charge is 0.426 e. The number of aromatic carboxylic acids is 1. The second-order valence-electron chi connectivity index (χ2n) is 4.96. The molecule has 0 unspecified atom stereocenters. The van der Waals surface area contributed by atoms with Crippen LogP contribution in [0.15, 0.2) is 24.3 Å². The molecule has 7 heteroatoms. The summed E-state index contributed by atoms with van der Waals surface area (Å²) in [6.07, 6.45) is -0.784. The Hall–Kier alpha value is -2.57. The van der Waals surface area contributed by atoms with Crippen molar-refractivity contribution >= 4 is 18.0 Å². The quantitative estimate of drug-likeness (QED) is 0.713. The van der Waals surface area contributed by atoms with Gasteiger partial charge in [0, 0.05) is 5.56 Å². The first-order valence-electron chi connectivity index (χ1n) is 5.82. The van der Waals surface area contributed by atoms with E-state index in [1.54, 1.807) is 20.8 Å². The molecule has 2 amide bonds. The predicted octanol–water partition coefficient (Wildman–Crippen LogP) is 1.55. The van der Waals surface area contributed by atoms with Crippen LogP contribution in [0.1, 0.15) is 41.5 Å². The Balaban J connectivity index is 2.55. The number of hydrogen-bond acceptors (Lipinski definition) is 4. The third kappa shape index (κ3) is 4.97. The van der Waals surface area contributed by atoms with Crippen molar-refractivity contribution in [2.24, 2.45) is 0 Å². The maximum absolute atomic E-state index is 11.7. The van der Waals surface area contributed by atoms with Crippen LogP contribution in [0.3, 0.4) is 0 Å².